The number of halogens is 1. The van der Waals surface area contributed by atoms with Gasteiger partial charge in [0.15, 0.2) is 0 Å². The fourth-order valence-corrected chi connectivity index (χ4v) is 4.87. The number of rotatable bonds is 6. The molecular formula is C21H27FN4O. The highest BCUT2D eigenvalue weighted by atomic mass is 19.1. The standard InChI is InChI=1S/C21H27FN4O/c22-19-10-23-6-4-16(19)11-25-12-17-8-20(26-7-1-5-24-26)21(9-18(17)13-25)27-14-15-2-3-15/h1,4-7,10,15,17-18,20-21H,2-3,8-9,11-14H2/t17-,18+,20-,21-/m0/s1. The zero-order valence-corrected chi connectivity index (χ0v) is 15.6. The summed E-state index contributed by atoms with van der Waals surface area (Å²) < 4.78 is 22.5. The van der Waals surface area contributed by atoms with Crippen LogP contribution in [0.3, 0.4) is 0 Å². The molecule has 0 amide bonds. The highest BCUT2D eigenvalue weighted by Crippen LogP contribution is 2.43. The Labute approximate surface area is 159 Å². The first-order chi connectivity index (χ1) is 13.3. The van der Waals surface area contributed by atoms with Crippen LogP contribution in [0, 0.1) is 23.6 Å². The molecule has 0 bridgehead atoms. The molecule has 3 aliphatic rings. The van der Waals surface area contributed by atoms with Crippen molar-refractivity contribution in [2.45, 2.75) is 44.4 Å². The van der Waals surface area contributed by atoms with E-state index in [4.69, 9.17) is 4.74 Å². The lowest BCUT2D eigenvalue weighted by molar-refractivity contribution is -0.0371. The molecule has 3 heterocycles. The summed E-state index contributed by atoms with van der Waals surface area (Å²) in [5.74, 6) is 1.83. The maximum Gasteiger partial charge on any atom is 0.145 e. The summed E-state index contributed by atoms with van der Waals surface area (Å²) in [6.07, 6.45) is 12.0. The second-order valence-corrected chi connectivity index (χ2v) is 8.52. The van der Waals surface area contributed by atoms with Crippen molar-refractivity contribution in [3.63, 3.8) is 0 Å². The molecule has 5 nitrogen and oxygen atoms in total. The molecule has 1 aliphatic heterocycles. The first kappa shape index (κ1) is 17.3. The van der Waals surface area contributed by atoms with Crippen LogP contribution in [-0.4, -0.2) is 45.5 Å². The summed E-state index contributed by atoms with van der Waals surface area (Å²) in [6, 6.07) is 4.11. The smallest absolute Gasteiger partial charge is 0.145 e. The Balaban J connectivity index is 1.28. The molecule has 2 saturated carbocycles. The van der Waals surface area contributed by atoms with Crippen molar-refractivity contribution in [1.82, 2.24) is 19.7 Å². The largest absolute Gasteiger partial charge is 0.376 e. The summed E-state index contributed by atoms with van der Waals surface area (Å²) in [5.41, 5.74) is 0.744. The third-order valence-electron chi connectivity index (χ3n) is 6.52. The van der Waals surface area contributed by atoms with E-state index in [9.17, 15) is 4.39 Å². The fraction of sp³-hybridized carbons (Fsp3) is 0.619. The van der Waals surface area contributed by atoms with Crippen LogP contribution in [0.4, 0.5) is 4.39 Å². The molecule has 0 unspecified atom stereocenters. The molecule has 0 N–H and O–H groups in total. The highest BCUT2D eigenvalue weighted by molar-refractivity contribution is 5.13. The van der Waals surface area contributed by atoms with E-state index >= 15 is 0 Å². The number of aromatic nitrogens is 3. The number of likely N-dealkylation sites (tertiary alicyclic amines) is 1. The Kier molecular flexibility index (Phi) is 4.70. The third kappa shape index (κ3) is 3.78. The molecule has 1 saturated heterocycles. The number of nitrogens with zero attached hydrogens (tertiary/aromatic N) is 4. The number of fused-ring (bicyclic) bond motifs is 1. The molecule has 0 aromatic carbocycles. The van der Waals surface area contributed by atoms with Crippen LogP contribution in [0.25, 0.3) is 0 Å². The zero-order valence-electron chi connectivity index (χ0n) is 15.6. The van der Waals surface area contributed by atoms with Crippen molar-refractivity contribution < 1.29 is 9.13 Å². The molecule has 5 rings (SSSR count). The SMILES string of the molecule is Fc1cnccc1CN1C[C@H]2C[C@H](OCC3CC3)[C@@H](n3cccn3)C[C@H]2C1. The van der Waals surface area contributed by atoms with E-state index in [2.05, 4.69) is 25.9 Å². The Morgan fingerprint density at radius 2 is 2.00 bits per heavy atom. The lowest BCUT2D eigenvalue weighted by Crippen LogP contribution is -2.38. The summed E-state index contributed by atoms with van der Waals surface area (Å²) in [4.78, 5) is 6.26. The normalized spacial score (nSPS) is 31.1. The van der Waals surface area contributed by atoms with Gasteiger partial charge in [-0.25, -0.2) is 4.39 Å². The Morgan fingerprint density at radius 1 is 1.15 bits per heavy atom. The minimum Gasteiger partial charge on any atom is -0.376 e. The first-order valence-electron chi connectivity index (χ1n) is 10.2. The third-order valence-corrected chi connectivity index (χ3v) is 6.52. The lowest BCUT2D eigenvalue weighted by Gasteiger charge is -2.38. The molecule has 2 aromatic heterocycles. The van der Waals surface area contributed by atoms with E-state index in [1.54, 1.807) is 12.3 Å². The predicted octanol–water partition coefficient (Wildman–Crippen LogP) is 3.30. The van der Waals surface area contributed by atoms with Gasteiger partial charge in [0.25, 0.3) is 0 Å². The van der Waals surface area contributed by atoms with Crippen LogP contribution in [-0.2, 0) is 11.3 Å². The molecule has 6 heteroatoms. The summed E-state index contributed by atoms with van der Waals surface area (Å²) in [5, 5.41) is 4.51. The van der Waals surface area contributed by atoms with Gasteiger partial charge in [0.05, 0.1) is 18.3 Å². The van der Waals surface area contributed by atoms with E-state index < -0.39 is 0 Å². The van der Waals surface area contributed by atoms with Gasteiger partial charge in [-0.2, -0.15) is 5.10 Å². The molecule has 2 aromatic rings. The predicted molar refractivity (Wildman–Crippen MR) is 99.4 cm³/mol. The number of ether oxygens (including phenoxy) is 1. The number of hydrogen-bond acceptors (Lipinski definition) is 4. The molecule has 144 valence electrons. The average Bonchev–Trinajstić information content (AvgIpc) is 3.18. The van der Waals surface area contributed by atoms with E-state index in [1.807, 2.05) is 12.3 Å². The van der Waals surface area contributed by atoms with Crippen LogP contribution in [0.2, 0.25) is 0 Å². The van der Waals surface area contributed by atoms with Gasteiger partial charge in [-0.05, 0) is 55.6 Å². The molecule has 0 radical (unpaired) electrons. The highest BCUT2D eigenvalue weighted by Gasteiger charge is 2.44. The summed E-state index contributed by atoms with van der Waals surface area (Å²) in [7, 11) is 0. The van der Waals surface area contributed by atoms with E-state index in [1.165, 1.54) is 19.0 Å². The van der Waals surface area contributed by atoms with Crippen LogP contribution in [0.5, 0.6) is 0 Å². The van der Waals surface area contributed by atoms with Crippen molar-refractivity contribution in [2.75, 3.05) is 19.7 Å². The minimum absolute atomic E-state index is 0.201. The number of pyridine rings is 1. The Bertz CT molecular complexity index is 763. The van der Waals surface area contributed by atoms with Crippen molar-refractivity contribution in [1.29, 1.82) is 0 Å². The molecule has 4 atom stereocenters. The second kappa shape index (κ2) is 7.32. The zero-order chi connectivity index (χ0) is 18.2. The average molecular weight is 370 g/mol. The van der Waals surface area contributed by atoms with Gasteiger partial charge in [0.1, 0.15) is 5.82 Å². The Hall–Kier alpha value is -1.79. The Morgan fingerprint density at radius 3 is 2.74 bits per heavy atom. The van der Waals surface area contributed by atoms with Crippen LogP contribution < -0.4 is 0 Å². The van der Waals surface area contributed by atoms with Gasteiger partial charge in [-0.3, -0.25) is 14.6 Å². The van der Waals surface area contributed by atoms with E-state index in [0.717, 1.165) is 44.0 Å². The topological polar surface area (TPSA) is 43.2 Å². The van der Waals surface area contributed by atoms with Gasteiger partial charge in [0, 0.05) is 50.4 Å². The molecule has 2 aliphatic carbocycles. The summed E-state index contributed by atoms with van der Waals surface area (Å²) >= 11 is 0. The van der Waals surface area contributed by atoms with Gasteiger partial charge in [-0.1, -0.05) is 0 Å². The van der Waals surface area contributed by atoms with Crippen LogP contribution >= 0.6 is 0 Å². The molecule has 27 heavy (non-hydrogen) atoms. The lowest BCUT2D eigenvalue weighted by atomic mass is 9.77. The maximum atomic E-state index is 14.0. The molecule has 0 spiro atoms. The van der Waals surface area contributed by atoms with Gasteiger partial charge in [-0.15, -0.1) is 0 Å². The van der Waals surface area contributed by atoms with Crippen molar-refractivity contribution >= 4 is 0 Å². The summed E-state index contributed by atoms with van der Waals surface area (Å²) in [6.45, 7) is 3.62. The van der Waals surface area contributed by atoms with Crippen LogP contribution in [0.15, 0.2) is 36.9 Å². The monoisotopic (exact) mass is 370 g/mol. The molecular weight excluding hydrogens is 343 g/mol. The van der Waals surface area contributed by atoms with Gasteiger partial charge < -0.3 is 4.74 Å². The molecule has 3 fully saturated rings. The quantitative estimate of drug-likeness (QED) is 0.783. The van der Waals surface area contributed by atoms with Crippen molar-refractivity contribution in [2.24, 2.45) is 17.8 Å². The van der Waals surface area contributed by atoms with E-state index in [-0.39, 0.29) is 11.9 Å². The van der Waals surface area contributed by atoms with Gasteiger partial charge >= 0.3 is 0 Å². The number of hydrogen-bond donors (Lipinski definition) is 0. The van der Waals surface area contributed by atoms with Crippen molar-refractivity contribution in [3.8, 4) is 0 Å². The second-order valence-electron chi connectivity index (χ2n) is 8.52. The van der Waals surface area contributed by atoms with Gasteiger partial charge in [0.2, 0.25) is 0 Å². The van der Waals surface area contributed by atoms with Crippen molar-refractivity contribution in [3.05, 3.63) is 48.3 Å². The van der Waals surface area contributed by atoms with E-state index in [0.29, 0.717) is 24.4 Å². The fourth-order valence-electron chi connectivity index (χ4n) is 4.87. The maximum absolute atomic E-state index is 14.0. The minimum atomic E-state index is -0.201. The van der Waals surface area contributed by atoms with Crippen LogP contribution in [0.1, 0.15) is 37.3 Å². The first-order valence-corrected chi connectivity index (χ1v) is 10.2.